The molecule has 0 aliphatic heterocycles. The number of carbonyl (C=O) groups excluding carboxylic acids is 1. The van der Waals surface area contributed by atoms with Gasteiger partial charge in [-0.2, -0.15) is 0 Å². The largest absolute Gasteiger partial charge is 0.505 e. The van der Waals surface area contributed by atoms with Crippen molar-refractivity contribution in [3.63, 3.8) is 0 Å². The third-order valence-electron chi connectivity index (χ3n) is 5.77. The zero-order valence-electron chi connectivity index (χ0n) is 18.9. The third-order valence-corrected chi connectivity index (χ3v) is 5.77. The lowest BCUT2D eigenvalue weighted by Gasteiger charge is -2.18. The first-order valence-corrected chi connectivity index (χ1v) is 11.2. The number of ether oxygens (including phenoxy) is 2. The van der Waals surface area contributed by atoms with Crippen LogP contribution in [-0.4, -0.2) is 24.3 Å². The van der Waals surface area contributed by atoms with E-state index in [0.717, 1.165) is 29.5 Å². The second-order valence-corrected chi connectivity index (χ2v) is 8.07. The second-order valence-electron chi connectivity index (χ2n) is 8.07. The Labute approximate surface area is 194 Å². The van der Waals surface area contributed by atoms with E-state index < -0.39 is 5.92 Å². The van der Waals surface area contributed by atoms with Gasteiger partial charge in [0.1, 0.15) is 17.4 Å². The molecule has 2 unspecified atom stereocenters. The standard InChI is InChI=1S/C28H28O5/c1-3-32-28(30)27-25(16-19(2)29)24-17-22(33-14-7-10-20-8-5-4-6-9-20)11-12-23(24)26(27)21-13-15-31-18-21/h4-6,8-9,11-13,15,17-18,26-27,29H,3,7,10,14H2,1-2H3. The van der Waals surface area contributed by atoms with Crippen molar-refractivity contribution in [3.05, 3.63) is 101 Å². The van der Waals surface area contributed by atoms with Crippen molar-refractivity contribution >= 4 is 11.5 Å². The van der Waals surface area contributed by atoms with E-state index in [4.69, 9.17) is 13.9 Å². The molecule has 0 amide bonds. The zero-order chi connectivity index (χ0) is 23.2. The van der Waals surface area contributed by atoms with Gasteiger partial charge >= 0.3 is 5.97 Å². The number of rotatable bonds is 8. The highest BCUT2D eigenvalue weighted by molar-refractivity contribution is 5.94. The lowest BCUT2D eigenvalue weighted by atomic mass is 9.86. The van der Waals surface area contributed by atoms with Crippen molar-refractivity contribution in [2.45, 2.75) is 32.6 Å². The molecule has 1 N–H and O–H groups in total. The molecule has 1 aliphatic carbocycles. The van der Waals surface area contributed by atoms with Crippen LogP contribution in [0.25, 0.3) is 5.57 Å². The number of benzene rings is 2. The van der Waals surface area contributed by atoms with E-state index in [2.05, 4.69) is 17.9 Å². The molecule has 0 bridgehead atoms. The molecular weight excluding hydrogens is 416 g/mol. The average molecular weight is 445 g/mol. The third kappa shape index (κ3) is 5.05. The minimum Gasteiger partial charge on any atom is -0.505 e. The number of hydrogen-bond donors (Lipinski definition) is 1. The fraction of sp³-hybridized carbons (Fsp3) is 0.286. The van der Waals surface area contributed by atoms with Crippen molar-refractivity contribution in [2.24, 2.45) is 5.92 Å². The number of esters is 1. The molecule has 5 heteroatoms. The fourth-order valence-electron chi connectivity index (χ4n) is 4.40. The summed E-state index contributed by atoms with van der Waals surface area (Å²) in [5, 5.41) is 10.0. The Balaban J connectivity index is 1.63. The van der Waals surface area contributed by atoms with Crippen molar-refractivity contribution < 1.29 is 23.8 Å². The molecule has 33 heavy (non-hydrogen) atoms. The summed E-state index contributed by atoms with van der Waals surface area (Å²) in [4.78, 5) is 13.0. The smallest absolute Gasteiger partial charge is 0.315 e. The Bertz CT molecular complexity index is 1150. The highest BCUT2D eigenvalue weighted by Gasteiger charge is 2.44. The number of aryl methyl sites for hydroxylation is 1. The topological polar surface area (TPSA) is 68.9 Å². The maximum absolute atomic E-state index is 13.0. The average Bonchev–Trinajstić information content (AvgIpc) is 3.44. The van der Waals surface area contributed by atoms with Crippen molar-refractivity contribution in [2.75, 3.05) is 13.2 Å². The van der Waals surface area contributed by atoms with Crippen LogP contribution in [0.1, 0.15) is 48.4 Å². The molecule has 170 valence electrons. The molecular formula is C28H28O5. The normalized spacial score (nSPS) is 16.7. The molecule has 0 saturated heterocycles. The van der Waals surface area contributed by atoms with E-state index >= 15 is 0 Å². The second kappa shape index (κ2) is 10.3. The molecule has 0 spiro atoms. The number of furan rings is 1. The Morgan fingerprint density at radius 1 is 1.15 bits per heavy atom. The summed E-state index contributed by atoms with van der Waals surface area (Å²) in [7, 11) is 0. The van der Waals surface area contributed by atoms with Gasteiger partial charge in [0.15, 0.2) is 0 Å². The predicted octanol–water partition coefficient (Wildman–Crippen LogP) is 6.06. The summed E-state index contributed by atoms with van der Waals surface area (Å²) in [5.74, 6) is -0.548. The van der Waals surface area contributed by atoms with Crippen LogP contribution in [0.3, 0.4) is 0 Å². The monoisotopic (exact) mass is 444 g/mol. The molecule has 4 rings (SSSR count). The van der Waals surface area contributed by atoms with Crippen molar-refractivity contribution in [1.29, 1.82) is 0 Å². The molecule has 1 aromatic heterocycles. The lowest BCUT2D eigenvalue weighted by molar-refractivity contribution is -0.146. The molecule has 3 aromatic rings. The lowest BCUT2D eigenvalue weighted by Crippen LogP contribution is -2.21. The van der Waals surface area contributed by atoms with Gasteiger partial charge in [-0.1, -0.05) is 42.1 Å². The summed E-state index contributed by atoms with van der Waals surface area (Å²) in [5.41, 5.74) is 7.53. The van der Waals surface area contributed by atoms with Gasteiger partial charge in [0.05, 0.1) is 25.7 Å². The molecule has 2 aromatic carbocycles. The number of carbonyl (C=O) groups is 1. The number of hydrogen-bond acceptors (Lipinski definition) is 5. The van der Waals surface area contributed by atoms with E-state index in [1.807, 2.05) is 42.5 Å². The number of fused-ring (bicyclic) bond motifs is 1. The minimum atomic E-state index is -0.631. The quantitative estimate of drug-likeness (QED) is 0.198. The van der Waals surface area contributed by atoms with Gasteiger partial charge in [0.25, 0.3) is 0 Å². The van der Waals surface area contributed by atoms with Gasteiger partial charge in [-0.25, -0.2) is 0 Å². The molecule has 1 heterocycles. The minimum absolute atomic E-state index is 0.00674. The predicted molar refractivity (Wildman–Crippen MR) is 126 cm³/mol. The highest BCUT2D eigenvalue weighted by atomic mass is 16.5. The molecule has 0 fully saturated rings. The Hall–Kier alpha value is -3.69. The first-order valence-electron chi connectivity index (χ1n) is 11.2. The summed E-state index contributed by atoms with van der Waals surface area (Å²) in [6.07, 6.45) is 5.07. The maximum Gasteiger partial charge on any atom is 0.315 e. The van der Waals surface area contributed by atoms with E-state index in [1.165, 1.54) is 5.56 Å². The summed E-state index contributed by atoms with van der Waals surface area (Å²) < 4.78 is 16.7. The first kappa shape index (κ1) is 22.5. The Kier molecular flexibility index (Phi) is 7.01. The van der Waals surface area contributed by atoms with Crippen LogP contribution in [0.2, 0.25) is 0 Å². The summed E-state index contributed by atoms with van der Waals surface area (Å²) in [6.45, 7) is 4.18. The maximum atomic E-state index is 13.0. The van der Waals surface area contributed by atoms with Crippen LogP contribution in [0.5, 0.6) is 5.75 Å². The van der Waals surface area contributed by atoms with E-state index in [-0.39, 0.29) is 24.3 Å². The van der Waals surface area contributed by atoms with Crippen LogP contribution < -0.4 is 4.74 Å². The van der Waals surface area contributed by atoms with Gasteiger partial charge in [-0.05, 0) is 60.2 Å². The van der Waals surface area contributed by atoms with Gasteiger partial charge in [0, 0.05) is 18.4 Å². The van der Waals surface area contributed by atoms with Crippen LogP contribution >= 0.6 is 0 Å². The van der Waals surface area contributed by atoms with Gasteiger partial charge in [-0.3, -0.25) is 4.79 Å². The van der Waals surface area contributed by atoms with Crippen molar-refractivity contribution in [3.8, 4) is 5.75 Å². The Morgan fingerprint density at radius 2 is 1.97 bits per heavy atom. The summed E-state index contributed by atoms with van der Waals surface area (Å²) in [6, 6.07) is 18.0. The van der Waals surface area contributed by atoms with Gasteiger partial charge in [0.2, 0.25) is 0 Å². The first-order chi connectivity index (χ1) is 16.1. The van der Waals surface area contributed by atoms with E-state index in [9.17, 15) is 9.90 Å². The molecule has 5 nitrogen and oxygen atoms in total. The van der Waals surface area contributed by atoms with Crippen LogP contribution in [-0.2, 0) is 16.0 Å². The van der Waals surface area contributed by atoms with E-state index in [1.54, 1.807) is 26.4 Å². The number of aliphatic hydroxyl groups is 1. The molecule has 0 radical (unpaired) electrons. The van der Waals surface area contributed by atoms with E-state index in [0.29, 0.717) is 17.9 Å². The Morgan fingerprint density at radius 3 is 2.67 bits per heavy atom. The van der Waals surface area contributed by atoms with Gasteiger partial charge in [-0.15, -0.1) is 0 Å². The summed E-state index contributed by atoms with van der Waals surface area (Å²) >= 11 is 0. The van der Waals surface area contributed by atoms with Gasteiger partial charge < -0.3 is 19.0 Å². The fourth-order valence-corrected chi connectivity index (χ4v) is 4.40. The van der Waals surface area contributed by atoms with Crippen LogP contribution in [0.15, 0.2) is 83.0 Å². The van der Waals surface area contributed by atoms with Crippen LogP contribution in [0.4, 0.5) is 0 Å². The van der Waals surface area contributed by atoms with Crippen LogP contribution in [0, 0.1) is 5.92 Å². The molecule has 0 saturated carbocycles. The molecule has 2 atom stereocenters. The van der Waals surface area contributed by atoms with Crippen molar-refractivity contribution in [1.82, 2.24) is 0 Å². The number of aliphatic hydroxyl groups excluding tert-OH is 1. The SMILES string of the molecule is CCOC(=O)C1C(=C=C(C)O)c2cc(OCCCc3ccccc3)ccc2C1c1ccoc1. The molecule has 1 aliphatic rings. The zero-order valence-corrected chi connectivity index (χ0v) is 18.9. The highest BCUT2D eigenvalue weighted by Crippen LogP contribution is 2.50.